The van der Waals surface area contributed by atoms with Crippen molar-refractivity contribution in [2.24, 2.45) is 4.99 Å². The standard InChI is InChI=1S/C18H37N5OS.HI/c1-4-10-20-17(24)15-23-12-8-16(9-13-23)22-18(19-5-2)21-11-6-7-14-25-3;/h16H,4-15H2,1-3H3,(H,20,24)(H2,19,21,22);1H. The Kier molecular flexibility index (Phi) is 16.8. The lowest BCUT2D eigenvalue weighted by molar-refractivity contribution is -0.122. The maximum atomic E-state index is 11.8. The molecule has 0 atom stereocenters. The predicted molar refractivity (Wildman–Crippen MR) is 125 cm³/mol. The number of unbranched alkanes of at least 4 members (excludes halogenated alkanes) is 1. The molecule has 0 saturated carbocycles. The predicted octanol–water partition coefficient (Wildman–Crippen LogP) is 2.29. The van der Waals surface area contributed by atoms with Crippen molar-refractivity contribution in [1.82, 2.24) is 20.9 Å². The van der Waals surface area contributed by atoms with Crippen LogP contribution in [0.25, 0.3) is 0 Å². The van der Waals surface area contributed by atoms with Gasteiger partial charge in [0.2, 0.25) is 5.91 Å². The molecule has 0 aromatic heterocycles. The molecule has 3 N–H and O–H groups in total. The van der Waals surface area contributed by atoms with E-state index in [9.17, 15) is 4.79 Å². The van der Waals surface area contributed by atoms with E-state index in [0.29, 0.717) is 12.6 Å². The summed E-state index contributed by atoms with van der Waals surface area (Å²) < 4.78 is 0. The number of halogens is 1. The van der Waals surface area contributed by atoms with Gasteiger partial charge in [-0.2, -0.15) is 11.8 Å². The minimum Gasteiger partial charge on any atom is -0.357 e. The number of nitrogens with one attached hydrogen (secondary N) is 3. The monoisotopic (exact) mass is 499 g/mol. The fraction of sp³-hybridized carbons (Fsp3) is 0.889. The van der Waals surface area contributed by atoms with Crippen LogP contribution >= 0.6 is 35.7 Å². The number of hydrogen-bond acceptors (Lipinski definition) is 4. The van der Waals surface area contributed by atoms with E-state index in [2.05, 4.69) is 45.9 Å². The highest BCUT2D eigenvalue weighted by atomic mass is 127. The maximum absolute atomic E-state index is 11.8. The Morgan fingerprint density at radius 1 is 1.19 bits per heavy atom. The third-order valence-electron chi connectivity index (χ3n) is 4.24. The highest BCUT2D eigenvalue weighted by Gasteiger charge is 2.21. The lowest BCUT2D eigenvalue weighted by Gasteiger charge is -2.32. The number of carbonyl (C=O) groups is 1. The summed E-state index contributed by atoms with van der Waals surface area (Å²) in [6.45, 7) is 9.16. The molecule has 0 radical (unpaired) electrons. The first-order valence-corrected chi connectivity index (χ1v) is 11.1. The van der Waals surface area contributed by atoms with Crippen molar-refractivity contribution < 1.29 is 4.79 Å². The molecular weight excluding hydrogens is 461 g/mol. The first-order valence-electron chi connectivity index (χ1n) is 9.72. The largest absolute Gasteiger partial charge is 0.357 e. The van der Waals surface area contributed by atoms with Crippen LogP contribution in [-0.4, -0.2) is 74.1 Å². The highest BCUT2D eigenvalue weighted by Crippen LogP contribution is 2.10. The molecule has 1 amide bonds. The van der Waals surface area contributed by atoms with Crippen LogP contribution in [0.3, 0.4) is 0 Å². The van der Waals surface area contributed by atoms with Gasteiger partial charge in [0.25, 0.3) is 0 Å². The van der Waals surface area contributed by atoms with E-state index in [1.807, 2.05) is 11.8 Å². The van der Waals surface area contributed by atoms with Crippen molar-refractivity contribution in [2.45, 2.75) is 52.0 Å². The summed E-state index contributed by atoms with van der Waals surface area (Å²) in [6.07, 6.45) is 7.61. The molecule has 0 unspecified atom stereocenters. The molecule has 0 spiro atoms. The summed E-state index contributed by atoms with van der Waals surface area (Å²) in [6, 6.07) is 0.443. The smallest absolute Gasteiger partial charge is 0.234 e. The topological polar surface area (TPSA) is 68.8 Å². The van der Waals surface area contributed by atoms with Crippen LogP contribution in [0.15, 0.2) is 4.99 Å². The van der Waals surface area contributed by atoms with E-state index in [1.165, 1.54) is 12.2 Å². The van der Waals surface area contributed by atoms with Gasteiger partial charge in [0, 0.05) is 38.8 Å². The van der Waals surface area contributed by atoms with Gasteiger partial charge in [0.1, 0.15) is 0 Å². The Morgan fingerprint density at radius 2 is 1.92 bits per heavy atom. The molecule has 0 aromatic carbocycles. The molecule has 1 fully saturated rings. The summed E-state index contributed by atoms with van der Waals surface area (Å²) in [7, 11) is 0. The number of guanidine groups is 1. The van der Waals surface area contributed by atoms with Gasteiger partial charge in [0.15, 0.2) is 5.96 Å². The van der Waals surface area contributed by atoms with Crippen LogP contribution in [-0.2, 0) is 4.79 Å². The van der Waals surface area contributed by atoms with Crippen molar-refractivity contribution >= 4 is 47.6 Å². The summed E-state index contributed by atoms with van der Waals surface area (Å²) in [4.78, 5) is 18.7. The fourth-order valence-corrected chi connectivity index (χ4v) is 3.31. The molecule has 6 nitrogen and oxygen atoms in total. The van der Waals surface area contributed by atoms with Crippen molar-refractivity contribution in [3.8, 4) is 0 Å². The van der Waals surface area contributed by atoms with Gasteiger partial charge in [-0.05, 0) is 51.0 Å². The highest BCUT2D eigenvalue weighted by molar-refractivity contribution is 14.0. The number of thioether (sulfide) groups is 1. The quantitative estimate of drug-likeness (QED) is 0.176. The number of carbonyl (C=O) groups excluding carboxylic acids is 1. The van der Waals surface area contributed by atoms with Gasteiger partial charge in [0.05, 0.1) is 6.54 Å². The van der Waals surface area contributed by atoms with Crippen molar-refractivity contribution in [3.05, 3.63) is 0 Å². The van der Waals surface area contributed by atoms with Gasteiger partial charge < -0.3 is 16.0 Å². The van der Waals surface area contributed by atoms with Gasteiger partial charge >= 0.3 is 0 Å². The van der Waals surface area contributed by atoms with Gasteiger partial charge in [-0.15, -0.1) is 24.0 Å². The number of rotatable bonds is 11. The molecule has 1 aliphatic rings. The van der Waals surface area contributed by atoms with Gasteiger partial charge in [-0.25, -0.2) is 0 Å². The zero-order valence-electron chi connectivity index (χ0n) is 16.7. The Hall–Kier alpha value is -0.220. The number of piperidine rings is 1. The third-order valence-corrected chi connectivity index (χ3v) is 4.94. The second-order valence-electron chi connectivity index (χ2n) is 6.51. The molecule has 0 aliphatic carbocycles. The lowest BCUT2D eigenvalue weighted by Crippen LogP contribution is -2.50. The molecule has 1 rings (SSSR count). The van der Waals surface area contributed by atoms with Crippen LogP contribution < -0.4 is 16.0 Å². The second-order valence-corrected chi connectivity index (χ2v) is 7.49. The Balaban J connectivity index is 0.00000625. The average Bonchev–Trinajstić information content (AvgIpc) is 2.61. The molecule has 0 bridgehead atoms. The van der Waals surface area contributed by atoms with E-state index in [1.54, 1.807) is 0 Å². The molecule has 0 aromatic rings. The number of nitrogens with zero attached hydrogens (tertiary/aromatic N) is 2. The lowest BCUT2D eigenvalue weighted by atomic mass is 10.1. The Labute approximate surface area is 181 Å². The maximum Gasteiger partial charge on any atom is 0.234 e. The minimum atomic E-state index is 0. The van der Waals surface area contributed by atoms with Crippen molar-refractivity contribution in [3.63, 3.8) is 0 Å². The summed E-state index contributed by atoms with van der Waals surface area (Å²) in [5.41, 5.74) is 0. The fourth-order valence-electron chi connectivity index (χ4n) is 2.82. The summed E-state index contributed by atoms with van der Waals surface area (Å²) in [5.74, 6) is 2.29. The van der Waals surface area contributed by atoms with Gasteiger partial charge in [-0.3, -0.25) is 14.7 Å². The molecule has 1 saturated heterocycles. The van der Waals surface area contributed by atoms with Gasteiger partial charge in [-0.1, -0.05) is 6.92 Å². The van der Waals surface area contributed by atoms with E-state index < -0.39 is 0 Å². The first kappa shape index (κ1) is 25.8. The summed E-state index contributed by atoms with van der Waals surface area (Å²) >= 11 is 1.89. The van der Waals surface area contributed by atoms with Crippen LogP contribution in [0.4, 0.5) is 0 Å². The first-order chi connectivity index (χ1) is 12.2. The van der Waals surface area contributed by atoms with Crippen LogP contribution in [0, 0.1) is 0 Å². The van der Waals surface area contributed by atoms with Crippen molar-refractivity contribution in [2.75, 3.05) is 51.3 Å². The number of aliphatic imine (C=N–C) groups is 1. The number of likely N-dealkylation sites (tertiary alicyclic amines) is 1. The molecule has 1 aliphatic heterocycles. The van der Waals surface area contributed by atoms with E-state index in [-0.39, 0.29) is 29.9 Å². The van der Waals surface area contributed by atoms with E-state index >= 15 is 0 Å². The molecule has 26 heavy (non-hydrogen) atoms. The Morgan fingerprint density at radius 3 is 2.54 bits per heavy atom. The zero-order chi connectivity index (χ0) is 18.3. The second kappa shape index (κ2) is 16.9. The van der Waals surface area contributed by atoms with Crippen LogP contribution in [0.1, 0.15) is 46.0 Å². The number of amides is 1. The average molecular weight is 500 g/mol. The number of hydrogen-bond donors (Lipinski definition) is 3. The molecule has 154 valence electrons. The van der Waals surface area contributed by atoms with Crippen LogP contribution in [0.2, 0.25) is 0 Å². The SMILES string of the molecule is CCCNC(=O)CN1CCC(NC(=NCCCCSC)NCC)CC1.I. The van der Waals surface area contributed by atoms with E-state index in [4.69, 9.17) is 0 Å². The molecule has 8 heteroatoms. The molecular formula is C18H38IN5OS. The normalized spacial score (nSPS) is 16.0. The van der Waals surface area contributed by atoms with Crippen molar-refractivity contribution in [1.29, 1.82) is 0 Å². The minimum absolute atomic E-state index is 0. The zero-order valence-corrected chi connectivity index (χ0v) is 19.8. The molecule has 1 heterocycles. The third kappa shape index (κ3) is 12.2. The summed E-state index contributed by atoms with van der Waals surface area (Å²) in [5, 5.41) is 9.86. The van der Waals surface area contributed by atoms with E-state index in [0.717, 1.165) is 64.4 Å². The van der Waals surface area contributed by atoms with Crippen LogP contribution in [0.5, 0.6) is 0 Å². The Bertz CT molecular complexity index is 390.